The van der Waals surface area contributed by atoms with E-state index in [9.17, 15) is 9.59 Å². The van der Waals surface area contributed by atoms with E-state index in [0.717, 1.165) is 4.47 Å². The van der Waals surface area contributed by atoms with E-state index in [1.807, 2.05) is 6.07 Å². The molecule has 0 spiro atoms. The highest BCUT2D eigenvalue weighted by Crippen LogP contribution is 2.15. The van der Waals surface area contributed by atoms with Crippen molar-refractivity contribution in [3.63, 3.8) is 0 Å². The van der Waals surface area contributed by atoms with Crippen LogP contribution in [0.5, 0.6) is 0 Å². The monoisotopic (exact) mass is 318 g/mol. The molecule has 0 radical (unpaired) electrons. The Kier molecular flexibility index (Phi) is 6.00. The van der Waals surface area contributed by atoms with Gasteiger partial charge in [0.25, 0.3) is 0 Å². The normalized spacial score (nSPS) is 9.76. The van der Waals surface area contributed by atoms with Gasteiger partial charge in [0.15, 0.2) is 0 Å². The number of alkyl halides is 1. The molecule has 0 fully saturated rings. The number of benzene rings is 1. The van der Waals surface area contributed by atoms with Gasteiger partial charge in [-0.3, -0.25) is 9.59 Å². The molecule has 4 nitrogen and oxygen atoms in total. The Morgan fingerprint density at radius 2 is 2.06 bits per heavy atom. The topological polar surface area (TPSA) is 58.2 Å². The Balaban J connectivity index is 2.46. The summed E-state index contributed by atoms with van der Waals surface area (Å²) in [5.41, 5.74) is 0.567. The summed E-state index contributed by atoms with van der Waals surface area (Å²) in [5.74, 6) is -0.888. The van der Waals surface area contributed by atoms with E-state index in [1.54, 1.807) is 18.2 Å². The van der Waals surface area contributed by atoms with Crippen molar-refractivity contribution in [2.24, 2.45) is 0 Å². The average molecular weight is 320 g/mol. The standard InChI is InChI=1S/C11H12BrClN2O2/c12-8-3-1-4-9(7-8)15-11(17)10(16)14-6-2-5-13/h1,3-4,7H,2,5-6H2,(H,14,16)(H,15,17). The van der Waals surface area contributed by atoms with Crippen LogP contribution in [0.25, 0.3) is 0 Å². The molecule has 6 heteroatoms. The summed E-state index contributed by atoms with van der Waals surface area (Å²) in [6.07, 6.45) is 0.636. The van der Waals surface area contributed by atoms with Gasteiger partial charge in [0.2, 0.25) is 0 Å². The fraction of sp³-hybridized carbons (Fsp3) is 0.273. The molecule has 0 saturated carbocycles. The minimum atomic E-state index is -0.683. The number of hydrogen-bond donors (Lipinski definition) is 2. The maximum absolute atomic E-state index is 11.4. The maximum atomic E-state index is 11.4. The summed E-state index contributed by atoms with van der Waals surface area (Å²) in [6.45, 7) is 0.397. The summed E-state index contributed by atoms with van der Waals surface area (Å²) in [7, 11) is 0. The van der Waals surface area contributed by atoms with Crippen molar-refractivity contribution >= 4 is 45.0 Å². The van der Waals surface area contributed by atoms with E-state index in [4.69, 9.17) is 11.6 Å². The molecule has 92 valence electrons. The summed E-state index contributed by atoms with van der Waals surface area (Å²) in [5, 5.41) is 4.97. The van der Waals surface area contributed by atoms with Crippen LogP contribution in [0.4, 0.5) is 5.69 Å². The third-order valence-electron chi connectivity index (χ3n) is 1.88. The Morgan fingerprint density at radius 1 is 1.29 bits per heavy atom. The van der Waals surface area contributed by atoms with Gasteiger partial charge in [-0.05, 0) is 24.6 Å². The first-order chi connectivity index (χ1) is 8.13. The van der Waals surface area contributed by atoms with Crippen molar-refractivity contribution in [1.29, 1.82) is 0 Å². The number of rotatable bonds is 4. The highest BCUT2D eigenvalue weighted by Gasteiger charge is 2.12. The minimum absolute atomic E-state index is 0.397. The lowest BCUT2D eigenvalue weighted by Gasteiger charge is -2.05. The molecule has 2 amide bonds. The largest absolute Gasteiger partial charge is 0.348 e. The molecule has 0 heterocycles. The molecule has 1 aromatic rings. The van der Waals surface area contributed by atoms with Gasteiger partial charge in [0.05, 0.1) is 0 Å². The van der Waals surface area contributed by atoms with Crippen molar-refractivity contribution in [2.75, 3.05) is 17.7 Å². The fourth-order valence-electron chi connectivity index (χ4n) is 1.10. The zero-order valence-electron chi connectivity index (χ0n) is 9.00. The van der Waals surface area contributed by atoms with Gasteiger partial charge < -0.3 is 10.6 Å². The van der Waals surface area contributed by atoms with Crippen LogP contribution >= 0.6 is 27.5 Å². The van der Waals surface area contributed by atoms with E-state index in [1.165, 1.54) is 0 Å². The summed E-state index contributed by atoms with van der Waals surface area (Å²) in [4.78, 5) is 22.8. The zero-order chi connectivity index (χ0) is 12.7. The minimum Gasteiger partial charge on any atom is -0.348 e. The van der Waals surface area contributed by atoms with Crippen LogP contribution in [0.3, 0.4) is 0 Å². The first-order valence-electron chi connectivity index (χ1n) is 5.04. The molecule has 0 saturated heterocycles. The summed E-state index contributed by atoms with van der Waals surface area (Å²) >= 11 is 8.73. The number of nitrogens with one attached hydrogen (secondary N) is 2. The third kappa shape index (κ3) is 5.19. The Hall–Kier alpha value is -1.07. The van der Waals surface area contributed by atoms with E-state index in [-0.39, 0.29) is 0 Å². The van der Waals surface area contributed by atoms with E-state index in [0.29, 0.717) is 24.5 Å². The molecular weight excluding hydrogens is 307 g/mol. The lowest BCUT2D eigenvalue weighted by Crippen LogP contribution is -2.36. The van der Waals surface area contributed by atoms with Crippen molar-refractivity contribution in [3.8, 4) is 0 Å². The van der Waals surface area contributed by atoms with Gasteiger partial charge in [-0.2, -0.15) is 0 Å². The predicted octanol–water partition coefficient (Wildman–Crippen LogP) is 2.13. The number of halogens is 2. The van der Waals surface area contributed by atoms with Crippen LogP contribution in [0.1, 0.15) is 6.42 Å². The average Bonchev–Trinajstić information content (AvgIpc) is 2.29. The van der Waals surface area contributed by atoms with Crippen molar-refractivity contribution in [3.05, 3.63) is 28.7 Å². The number of carbonyl (C=O) groups is 2. The number of carbonyl (C=O) groups excluding carboxylic acids is 2. The van der Waals surface area contributed by atoms with Crippen molar-refractivity contribution in [2.45, 2.75) is 6.42 Å². The van der Waals surface area contributed by atoms with Crippen LogP contribution < -0.4 is 10.6 Å². The molecule has 0 unspecified atom stereocenters. The SMILES string of the molecule is O=C(NCCCCl)C(=O)Nc1cccc(Br)c1. The molecule has 0 bridgehead atoms. The van der Waals surface area contributed by atoms with E-state index >= 15 is 0 Å². The molecule has 1 rings (SSSR count). The van der Waals surface area contributed by atoms with Crippen LogP contribution in [0.15, 0.2) is 28.7 Å². The lowest BCUT2D eigenvalue weighted by atomic mass is 10.3. The van der Waals surface area contributed by atoms with Gasteiger partial charge in [-0.25, -0.2) is 0 Å². The lowest BCUT2D eigenvalue weighted by molar-refractivity contribution is -0.136. The zero-order valence-corrected chi connectivity index (χ0v) is 11.3. The van der Waals surface area contributed by atoms with Crippen molar-refractivity contribution in [1.82, 2.24) is 5.32 Å². The quantitative estimate of drug-likeness (QED) is 0.507. The number of hydrogen-bond acceptors (Lipinski definition) is 2. The molecule has 0 aliphatic heterocycles. The summed E-state index contributed by atoms with van der Waals surface area (Å²) < 4.78 is 0.831. The molecule has 0 aromatic heterocycles. The number of amides is 2. The molecule has 0 aliphatic carbocycles. The second-order valence-electron chi connectivity index (χ2n) is 3.26. The van der Waals surface area contributed by atoms with Crippen LogP contribution in [0, 0.1) is 0 Å². The van der Waals surface area contributed by atoms with Gasteiger partial charge in [0.1, 0.15) is 0 Å². The Bertz CT molecular complexity index is 412. The Morgan fingerprint density at radius 3 is 2.71 bits per heavy atom. The first-order valence-corrected chi connectivity index (χ1v) is 6.37. The van der Waals surface area contributed by atoms with E-state index in [2.05, 4.69) is 26.6 Å². The molecule has 17 heavy (non-hydrogen) atoms. The van der Waals surface area contributed by atoms with Crippen LogP contribution in [0.2, 0.25) is 0 Å². The fourth-order valence-corrected chi connectivity index (χ4v) is 1.64. The van der Waals surface area contributed by atoms with Gasteiger partial charge >= 0.3 is 11.8 Å². The highest BCUT2D eigenvalue weighted by molar-refractivity contribution is 9.10. The molecular formula is C11H12BrClN2O2. The highest BCUT2D eigenvalue weighted by atomic mass is 79.9. The smallest absolute Gasteiger partial charge is 0.313 e. The predicted molar refractivity (Wildman–Crippen MR) is 71.1 cm³/mol. The maximum Gasteiger partial charge on any atom is 0.313 e. The molecule has 2 N–H and O–H groups in total. The van der Waals surface area contributed by atoms with Crippen LogP contribution in [-0.2, 0) is 9.59 Å². The van der Waals surface area contributed by atoms with Crippen LogP contribution in [-0.4, -0.2) is 24.2 Å². The van der Waals surface area contributed by atoms with Gasteiger partial charge in [-0.15, -0.1) is 11.6 Å². The third-order valence-corrected chi connectivity index (χ3v) is 2.65. The molecule has 1 aromatic carbocycles. The Labute approximate surface area is 113 Å². The summed E-state index contributed by atoms with van der Waals surface area (Å²) in [6, 6.07) is 7.01. The first kappa shape index (κ1) is 14.0. The second-order valence-corrected chi connectivity index (χ2v) is 4.56. The number of anilines is 1. The van der Waals surface area contributed by atoms with Gasteiger partial charge in [-0.1, -0.05) is 22.0 Å². The van der Waals surface area contributed by atoms with E-state index < -0.39 is 11.8 Å². The second kappa shape index (κ2) is 7.29. The van der Waals surface area contributed by atoms with Gasteiger partial charge in [0, 0.05) is 22.6 Å². The molecule has 0 aliphatic rings. The molecule has 0 atom stereocenters. The van der Waals surface area contributed by atoms with Crippen molar-refractivity contribution < 1.29 is 9.59 Å².